The van der Waals surface area contributed by atoms with E-state index in [1.165, 1.54) is 6.08 Å². The first-order chi connectivity index (χ1) is 7.36. The van der Waals surface area contributed by atoms with Crippen molar-refractivity contribution in [3.05, 3.63) is 47.5 Å². The van der Waals surface area contributed by atoms with Gasteiger partial charge in [0.25, 0.3) is 0 Å². The number of carbonyl (C=O) groups excluding carboxylic acids is 1. The largest absolute Gasteiger partial charge is 0.416 e. The lowest BCUT2D eigenvalue weighted by molar-refractivity contribution is -0.137. The summed E-state index contributed by atoms with van der Waals surface area (Å²) in [6.45, 7) is 3.41. The molecule has 1 amide bonds. The molecule has 1 rings (SSSR count). The Bertz CT molecular complexity index is 424. The molecule has 1 aromatic carbocycles. The first-order valence-electron chi connectivity index (χ1n) is 4.47. The monoisotopic (exact) mass is 229 g/mol. The van der Waals surface area contributed by atoms with Crippen LogP contribution in [0.2, 0.25) is 0 Å². The molecule has 0 unspecified atom stereocenters. The summed E-state index contributed by atoms with van der Waals surface area (Å²) in [5, 5.41) is 0. The van der Waals surface area contributed by atoms with Crippen LogP contribution in [0.25, 0.3) is 0 Å². The summed E-state index contributed by atoms with van der Waals surface area (Å²) in [5.74, 6) is -0.745. The number of amides is 1. The van der Waals surface area contributed by atoms with Crippen molar-refractivity contribution in [1.29, 1.82) is 0 Å². The summed E-state index contributed by atoms with van der Waals surface area (Å²) >= 11 is 0. The molecule has 0 radical (unpaired) electrons. The number of hydrogen-bond donors (Lipinski definition) is 1. The van der Waals surface area contributed by atoms with Crippen LogP contribution in [-0.2, 0) is 12.6 Å². The Labute approximate surface area is 90.6 Å². The van der Waals surface area contributed by atoms with Crippen LogP contribution in [0.3, 0.4) is 0 Å². The Balaban J connectivity index is 3.27. The van der Waals surface area contributed by atoms with Gasteiger partial charge >= 0.3 is 6.18 Å². The lowest BCUT2D eigenvalue weighted by Crippen LogP contribution is -2.15. The van der Waals surface area contributed by atoms with E-state index in [9.17, 15) is 18.0 Å². The highest BCUT2D eigenvalue weighted by atomic mass is 19.4. The number of alkyl halides is 3. The van der Waals surface area contributed by atoms with E-state index in [-0.39, 0.29) is 17.5 Å². The SMILES string of the molecule is C=CCc1cc(C(F)(F)F)ccc1C(N)=O. The fourth-order valence-electron chi connectivity index (χ4n) is 1.33. The van der Waals surface area contributed by atoms with Crippen LogP contribution >= 0.6 is 0 Å². The number of primary amides is 1. The number of rotatable bonds is 3. The maximum Gasteiger partial charge on any atom is 0.416 e. The molecule has 2 N–H and O–H groups in total. The third-order valence-electron chi connectivity index (χ3n) is 2.06. The fourth-order valence-corrected chi connectivity index (χ4v) is 1.33. The minimum atomic E-state index is -4.42. The smallest absolute Gasteiger partial charge is 0.366 e. The molecule has 0 aliphatic heterocycles. The molecule has 1 aromatic rings. The van der Waals surface area contributed by atoms with Crippen molar-refractivity contribution in [2.45, 2.75) is 12.6 Å². The molecule has 86 valence electrons. The zero-order valence-electron chi connectivity index (χ0n) is 8.34. The fraction of sp³-hybridized carbons (Fsp3) is 0.182. The first kappa shape index (κ1) is 12.3. The third kappa shape index (κ3) is 2.62. The molecule has 16 heavy (non-hydrogen) atoms. The van der Waals surface area contributed by atoms with Crippen molar-refractivity contribution in [1.82, 2.24) is 0 Å². The van der Waals surface area contributed by atoms with Gasteiger partial charge in [-0.05, 0) is 30.2 Å². The summed E-state index contributed by atoms with van der Waals surface area (Å²) in [4.78, 5) is 11.0. The molecule has 2 nitrogen and oxygen atoms in total. The predicted octanol–water partition coefficient (Wildman–Crippen LogP) is 2.53. The van der Waals surface area contributed by atoms with Crippen molar-refractivity contribution >= 4 is 5.91 Å². The van der Waals surface area contributed by atoms with Crippen LogP contribution in [0.15, 0.2) is 30.9 Å². The minimum absolute atomic E-state index is 0.0906. The van der Waals surface area contributed by atoms with E-state index in [1.54, 1.807) is 0 Å². The van der Waals surface area contributed by atoms with Gasteiger partial charge in [-0.15, -0.1) is 6.58 Å². The van der Waals surface area contributed by atoms with Crippen LogP contribution in [-0.4, -0.2) is 5.91 Å². The van der Waals surface area contributed by atoms with Gasteiger partial charge in [-0.1, -0.05) is 6.08 Å². The number of allylic oxidation sites excluding steroid dienone is 1. The highest BCUT2D eigenvalue weighted by Gasteiger charge is 2.31. The maximum atomic E-state index is 12.4. The average molecular weight is 229 g/mol. The quantitative estimate of drug-likeness (QED) is 0.795. The van der Waals surface area contributed by atoms with E-state index in [0.717, 1.165) is 18.2 Å². The molecular formula is C11H10F3NO. The molecular weight excluding hydrogens is 219 g/mol. The zero-order valence-corrected chi connectivity index (χ0v) is 8.34. The van der Waals surface area contributed by atoms with E-state index in [4.69, 9.17) is 5.73 Å². The van der Waals surface area contributed by atoms with Gasteiger partial charge in [-0.3, -0.25) is 4.79 Å². The third-order valence-corrected chi connectivity index (χ3v) is 2.06. The Kier molecular flexibility index (Phi) is 3.37. The van der Waals surface area contributed by atoms with Crippen LogP contribution in [0.4, 0.5) is 13.2 Å². The topological polar surface area (TPSA) is 43.1 Å². The molecule has 0 spiro atoms. The van der Waals surface area contributed by atoms with Crippen molar-refractivity contribution in [3.63, 3.8) is 0 Å². The minimum Gasteiger partial charge on any atom is -0.366 e. The molecule has 0 fully saturated rings. The van der Waals surface area contributed by atoms with Crippen molar-refractivity contribution in [3.8, 4) is 0 Å². The van der Waals surface area contributed by atoms with Crippen molar-refractivity contribution in [2.75, 3.05) is 0 Å². The highest BCUT2D eigenvalue weighted by molar-refractivity contribution is 5.94. The lowest BCUT2D eigenvalue weighted by Gasteiger charge is -2.10. The lowest BCUT2D eigenvalue weighted by atomic mass is 10.0. The standard InChI is InChI=1S/C11H10F3NO/c1-2-3-7-6-8(11(12,13)14)4-5-9(7)10(15)16/h2,4-6H,1,3H2,(H2,15,16). The van der Waals surface area contributed by atoms with Gasteiger partial charge in [0.2, 0.25) is 5.91 Å². The zero-order chi connectivity index (χ0) is 12.3. The second kappa shape index (κ2) is 4.38. The Morgan fingerprint density at radius 1 is 1.44 bits per heavy atom. The Hall–Kier alpha value is -1.78. The van der Waals surface area contributed by atoms with Gasteiger partial charge < -0.3 is 5.73 Å². The van der Waals surface area contributed by atoms with E-state index < -0.39 is 17.6 Å². The van der Waals surface area contributed by atoms with Crippen molar-refractivity contribution in [2.24, 2.45) is 5.73 Å². The summed E-state index contributed by atoms with van der Waals surface area (Å²) in [6.07, 6.45) is -2.84. The Morgan fingerprint density at radius 2 is 2.06 bits per heavy atom. The molecule has 5 heteroatoms. The second-order valence-electron chi connectivity index (χ2n) is 3.23. The average Bonchev–Trinajstić information content (AvgIpc) is 2.16. The number of benzene rings is 1. The van der Waals surface area contributed by atoms with E-state index in [0.29, 0.717) is 0 Å². The maximum absolute atomic E-state index is 12.4. The molecule has 0 heterocycles. The van der Waals surface area contributed by atoms with Crippen LogP contribution < -0.4 is 5.73 Å². The van der Waals surface area contributed by atoms with E-state index in [1.807, 2.05) is 0 Å². The van der Waals surface area contributed by atoms with Crippen molar-refractivity contribution < 1.29 is 18.0 Å². The van der Waals surface area contributed by atoms with Crippen LogP contribution in [0.1, 0.15) is 21.5 Å². The first-order valence-corrected chi connectivity index (χ1v) is 4.47. The molecule has 0 aliphatic carbocycles. The highest BCUT2D eigenvalue weighted by Crippen LogP contribution is 2.30. The number of nitrogens with two attached hydrogens (primary N) is 1. The summed E-state index contributed by atoms with van der Waals surface area (Å²) in [5.41, 5.74) is 4.58. The number of carbonyl (C=O) groups is 1. The summed E-state index contributed by atoms with van der Waals surface area (Å²) in [7, 11) is 0. The molecule has 0 aliphatic rings. The molecule has 0 atom stereocenters. The molecule has 0 aromatic heterocycles. The number of hydrogen-bond acceptors (Lipinski definition) is 1. The number of halogens is 3. The molecule has 0 bridgehead atoms. The Morgan fingerprint density at radius 3 is 2.50 bits per heavy atom. The molecule has 0 saturated heterocycles. The van der Waals surface area contributed by atoms with E-state index in [2.05, 4.69) is 6.58 Å². The van der Waals surface area contributed by atoms with Gasteiger partial charge in [-0.25, -0.2) is 0 Å². The van der Waals surface area contributed by atoms with E-state index >= 15 is 0 Å². The van der Waals surface area contributed by atoms with Crippen LogP contribution in [0, 0.1) is 0 Å². The summed E-state index contributed by atoms with van der Waals surface area (Å²) in [6, 6.07) is 2.85. The predicted molar refractivity (Wildman–Crippen MR) is 53.9 cm³/mol. The normalized spacial score (nSPS) is 11.2. The van der Waals surface area contributed by atoms with Crippen LogP contribution in [0.5, 0.6) is 0 Å². The van der Waals surface area contributed by atoms with Gasteiger partial charge in [-0.2, -0.15) is 13.2 Å². The molecule has 0 saturated carbocycles. The van der Waals surface area contributed by atoms with Gasteiger partial charge in [0.05, 0.1) is 5.56 Å². The second-order valence-corrected chi connectivity index (χ2v) is 3.23. The van der Waals surface area contributed by atoms with Gasteiger partial charge in [0.15, 0.2) is 0 Å². The summed E-state index contributed by atoms with van der Waals surface area (Å²) < 4.78 is 37.2. The van der Waals surface area contributed by atoms with Gasteiger partial charge in [0, 0.05) is 5.56 Å². The van der Waals surface area contributed by atoms with Gasteiger partial charge in [0.1, 0.15) is 0 Å².